The van der Waals surface area contributed by atoms with Crippen molar-refractivity contribution in [2.24, 2.45) is 0 Å². The number of ketones is 1. The summed E-state index contributed by atoms with van der Waals surface area (Å²) in [5.74, 6) is -1.21. The zero-order valence-corrected chi connectivity index (χ0v) is 17.9. The van der Waals surface area contributed by atoms with E-state index in [2.05, 4.69) is 4.98 Å². The molecule has 1 N–H and O–H groups in total. The Morgan fingerprint density at radius 1 is 1.03 bits per heavy atom. The van der Waals surface area contributed by atoms with Crippen LogP contribution in [0.2, 0.25) is 0 Å². The van der Waals surface area contributed by atoms with Crippen LogP contribution in [0.4, 0.5) is 5.69 Å². The fourth-order valence-electron chi connectivity index (χ4n) is 3.80. The molecule has 1 aliphatic rings. The summed E-state index contributed by atoms with van der Waals surface area (Å²) in [7, 11) is 2.93. The number of aliphatic hydroxyl groups is 1. The van der Waals surface area contributed by atoms with E-state index >= 15 is 0 Å². The molecule has 4 rings (SSSR count). The first-order valence-corrected chi connectivity index (χ1v) is 9.93. The number of methoxy groups -OCH3 is 2. The molecule has 0 radical (unpaired) electrons. The number of aliphatic hydroxyl groups excluding tert-OH is 1. The summed E-state index contributed by atoms with van der Waals surface area (Å²) in [6.07, 6.45) is 3.09. The van der Waals surface area contributed by atoms with Gasteiger partial charge in [0.1, 0.15) is 17.3 Å². The minimum Gasteiger partial charge on any atom is -0.507 e. The summed E-state index contributed by atoms with van der Waals surface area (Å²) in [5.41, 5.74) is 1.58. The van der Waals surface area contributed by atoms with E-state index in [4.69, 9.17) is 14.7 Å². The molecule has 1 aliphatic heterocycles. The minimum atomic E-state index is -0.909. The fourth-order valence-corrected chi connectivity index (χ4v) is 3.80. The molecule has 1 atom stereocenters. The number of hydrogen-bond acceptors (Lipinski definition) is 7. The van der Waals surface area contributed by atoms with Gasteiger partial charge in [-0.15, -0.1) is 0 Å². The molecule has 0 saturated carbocycles. The second-order valence-electron chi connectivity index (χ2n) is 7.17. The van der Waals surface area contributed by atoms with Crippen molar-refractivity contribution < 1.29 is 24.2 Å². The highest BCUT2D eigenvalue weighted by Gasteiger charge is 2.47. The number of carbonyl (C=O) groups is 2. The first-order chi connectivity index (χ1) is 16.0. The molecule has 1 aromatic heterocycles. The number of carbonyl (C=O) groups excluding carboxylic acids is 2. The molecule has 8 heteroatoms. The fraction of sp³-hybridized carbons (Fsp3) is 0.120. The SMILES string of the molecule is COc1ccc(/C(O)=C2/C(=O)C(=O)N(c3ccc(C#N)cc3)C2c2ccncc2)c(OC)c1. The van der Waals surface area contributed by atoms with E-state index in [1.54, 1.807) is 67.0 Å². The van der Waals surface area contributed by atoms with Gasteiger partial charge in [-0.3, -0.25) is 19.5 Å². The molecule has 1 amide bonds. The van der Waals surface area contributed by atoms with Gasteiger partial charge in [-0.2, -0.15) is 5.26 Å². The van der Waals surface area contributed by atoms with Gasteiger partial charge in [0.05, 0.1) is 43.0 Å². The van der Waals surface area contributed by atoms with Gasteiger partial charge in [0.15, 0.2) is 0 Å². The van der Waals surface area contributed by atoms with E-state index in [1.165, 1.54) is 19.1 Å². The van der Waals surface area contributed by atoms with E-state index in [9.17, 15) is 14.7 Å². The number of benzene rings is 2. The maximum absolute atomic E-state index is 13.2. The number of pyridine rings is 1. The zero-order chi connectivity index (χ0) is 23.5. The predicted octanol–water partition coefficient (Wildman–Crippen LogP) is 3.60. The molecule has 8 nitrogen and oxygen atoms in total. The Balaban J connectivity index is 1.94. The van der Waals surface area contributed by atoms with E-state index in [1.807, 2.05) is 6.07 Å². The van der Waals surface area contributed by atoms with Crippen molar-refractivity contribution in [3.8, 4) is 17.6 Å². The third-order valence-electron chi connectivity index (χ3n) is 5.40. The van der Waals surface area contributed by atoms with Crippen LogP contribution in [0.1, 0.15) is 22.7 Å². The molecule has 0 bridgehead atoms. The van der Waals surface area contributed by atoms with Crippen LogP contribution in [-0.2, 0) is 9.59 Å². The zero-order valence-electron chi connectivity index (χ0n) is 17.9. The highest BCUT2D eigenvalue weighted by molar-refractivity contribution is 6.51. The molecular formula is C25H19N3O5. The van der Waals surface area contributed by atoms with Gasteiger partial charge < -0.3 is 14.6 Å². The van der Waals surface area contributed by atoms with Gasteiger partial charge in [-0.05, 0) is 54.1 Å². The van der Waals surface area contributed by atoms with Crippen molar-refractivity contribution in [1.82, 2.24) is 4.98 Å². The van der Waals surface area contributed by atoms with Crippen LogP contribution in [0.3, 0.4) is 0 Å². The summed E-state index contributed by atoms with van der Waals surface area (Å²) in [4.78, 5) is 31.7. The first kappa shape index (κ1) is 21.6. The van der Waals surface area contributed by atoms with Crippen molar-refractivity contribution in [2.75, 3.05) is 19.1 Å². The molecule has 0 spiro atoms. The molecule has 0 aliphatic carbocycles. The number of aromatic nitrogens is 1. The highest BCUT2D eigenvalue weighted by atomic mass is 16.5. The monoisotopic (exact) mass is 441 g/mol. The van der Waals surface area contributed by atoms with Crippen LogP contribution in [-0.4, -0.2) is 36.0 Å². The van der Waals surface area contributed by atoms with Crippen LogP contribution >= 0.6 is 0 Å². The van der Waals surface area contributed by atoms with Gasteiger partial charge in [0.2, 0.25) is 0 Å². The van der Waals surface area contributed by atoms with Crippen molar-refractivity contribution >= 4 is 23.1 Å². The number of anilines is 1. The number of ether oxygens (including phenoxy) is 2. The van der Waals surface area contributed by atoms with Crippen LogP contribution in [0.25, 0.3) is 5.76 Å². The molecule has 2 heterocycles. The van der Waals surface area contributed by atoms with Crippen molar-refractivity contribution in [2.45, 2.75) is 6.04 Å². The number of rotatable bonds is 5. The smallest absolute Gasteiger partial charge is 0.300 e. The van der Waals surface area contributed by atoms with E-state index in [0.717, 1.165) is 0 Å². The largest absolute Gasteiger partial charge is 0.507 e. The Bertz CT molecular complexity index is 1290. The molecule has 164 valence electrons. The number of nitrogens with zero attached hydrogens (tertiary/aromatic N) is 3. The second-order valence-corrected chi connectivity index (χ2v) is 7.17. The molecular weight excluding hydrogens is 422 g/mol. The normalized spacial score (nSPS) is 17.0. The lowest BCUT2D eigenvalue weighted by molar-refractivity contribution is -0.132. The third-order valence-corrected chi connectivity index (χ3v) is 5.40. The number of nitriles is 1. The molecule has 2 aromatic carbocycles. The van der Waals surface area contributed by atoms with Crippen LogP contribution in [0.5, 0.6) is 11.5 Å². The lowest BCUT2D eigenvalue weighted by Crippen LogP contribution is -2.29. The Morgan fingerprint density at radius 3 is 2.33 bits per heavy atom. The maximum Gasteiger partial charge on any atom is 0.300 e. The lowest BCUT2D eigenvalue weighted by Gasteiger charge is -2.25. The van der Waals surface area contributed by atoms with E-state index < -0.39 is 17.7 Å². The molecule has 33 heavy (non-hydrogen) atoms. The van der Waals surface area contributed by atoms with Gasteiger partial charge in [-0.25, -0.2) is 0 Å². The molecule has 1 saturated heterocycles. The summed E-state index contributed by atoms with van der Waals surface area (Å²) in [5, 5.41) is 20.4. The molecule has 1 fully saturated rings. The predicted molar refractivity (Wildman–Crippen MR) is 120 cm³/mol. The maximum atomic E-state index is 13.2. The average molecular weight is 441 g/mol. The van der Waals surface area contributed by atoms with Gasteiger partial charge >= 0.3 is 0 Å². The van der Waals surface area contributed by atoms with Crippen molar-refractivity contribution in [3.05, 3.63) is 89.3 Å². The van der Waals surface area contributed by atoms with E-state index in [-0.39, 0.29) is 22.6 Å². The minimum absolute atomic E-state index is 0.0842. The van der Waals surface area contributed by atoms with Gasteiger partial charge in [0, 0.05) is 24.1 Å². The van der Waals surface area contributed by atoms with Crippen molar-refractivity contribution in [1.29, 1.82) is 5.26 Å². The van der Waals surface area contributed by atoms with Gasteiger partial charge in [-0.1, -0.05) is 0 Å². The summed E-state index contributed by atoms with van der Waals surface area (Å²) < 4.78 is 10.6. The van der Waals surface area contributed by atoms with E-state index in [0.29, 0.717) is 22.6 Å². The Labute approximate surface area is 189 Å². The summed E-state index contributed by atoms with van der Waals surface area (Å²) in [6, 6.07) is 15.5. The molecule has 3 aromatic rings. The first-order valence-electron chi connectivity index (χ1n) is 9.93. The summed E-state index contributed by atoms with van der Waals surface area (Å²) >= 11 is 0. The number of Topliss-reactive ketones (excluding diaryl/α,β-unsaturated/α-hetero) is 1. The topological polar surface area (TPSA) is 113 Å². The quantitative estimate of drug-likeness (QED) is 0.366. The number of hydrogen-bond donors (Lipinski definition) is 1. The Kier molecular flexibility index (Phi) is 5.79. The van der Waals surface area contributed by atoms with Crippen LogP contribution < -0.4 is 14.4 Å². The summed E-state index contributed by atoms with van der Waals surface area (Å²) in [6.45, 7) is 0. The van der Waals surface area contributed by atoms with Crippen molar-refractivity contribution in [3.63, 3.8) is 0 Å². The van der Waals surface area contributed by atoms with Crippen LogP contribution in [0.15, 0.2) is 72.6 Å². The average Bonchev–Trinajstić information content (AvgIpc) is 3.14. The molecule has 1 unspecified atom stereocenters. The number of amides is 1. The standard InChI is InChI=1S/C25H19N3O5/c1-32-18-7-8-19(20(13-18)33-2)23(29)21-22(16-9-11-27-12-10-16)28(25(31)24(21)30)17-5-3-15(14-26)4-6-17/h3-13,22,29H,1-2H3/b23-21-. The van der Waals surface area contributed by atoms with Gasteiger partial charge in [0.25, 0.3) is 11.7 Å². The highest BCUT2D eigenvalue weighted by Crippen LogP contribution is 2.43. The van der Waals surface area contributed by atoms with Crippen LogP contribution in [0, 0.1) is 11.3 Å². The Morgan fingerprint density at radius 2 is 1.73 bits per heavy atom. The third kappa shape index (κ3) is 3.77. The second kappa shape index (κ2) is 8.85. The lowest BCUT2D eigenvalue weighted by atomic mass is 9.95. The Hall–Kier alpha value is -4.64.